The average molecular weight is 325 g/mol. The second-order valence-electron chi connectivity index (χ2n) is 5.47. The normalized spacial score (nSPS) is 16.8. The summed E-state index contributed by atoms with van der Waals surface area (Å²) in [5, 5.41) is 9.17. The maximum absolute atomic E-state index is 13.5. The second kappa shape index (κ2) is 5.73. The standard InChI is InChI=1S/C16H14F3NO3/c17-16(18,19)15(14-7-12(21)13(22)9-23-14)20-6-5-10-3-1-2-4-11(10)8-20/h1-4,7,9,15,22H,5-6,8H2. The van der Waals surface area contributed by atoms with Crippen LogP contribution in [-0.2, 0) is 13.0 Å². The first-order valence-corrected chi connectivity index (χ1v) is 7.05. The fraction of sp³-hybridized carbons (Fsp3) is 0.312. The minimum atomic E-state index is -4.60. The highest BCUT2D eigenvalue weighted by Crippen LogP contribution is 2.39. The zero-order chi connectivity index (χ0) is 16.6. The van der Waals surface area contributed by atoms with Gasteiger partial charge in [-0.15, -0.1) is 0 Å². The number of hydrogen-bond acceptors (Lipinski definition) is 4. The molecule has 0 saturated heterocycles. The molecule has 3 rings (SSSR count). The molecule has 0 amide bonds. The van der Waals surface area contributed by atoms with Gasteiger partial charge in [-0.3, -0.25) is 9.69 Å². The molecule has 0 spiro atoms. The summed E-state index contributed by atoms with van der Waals surface area (Å²) in [5.41, 5.74) is 0.962. The topological polar surface area (TPSA) is 53.7 Å². The molecule has 0 aliphatic carbocycles. The third-order valence-corrected chi connectivity index (χ3v) is 3.94. The number of alkyl halides is 3. The lowest BCUT2D eigenvalue weighted by atomic mass is 9.98. The Morgan fingerprint density at radius 2 is 1.91 bits per heavy atom. The maximum atomic E-state index is 13.5. The Labute approximate surface area is 129 Å². The van der Waals surface area contributed by atoms with E-state index in [1.165, 1.54) is 4.90 Å². The van der Waals surface area contributed by atoms with Crippen LogP contribution >= 0.6 is 0 Å². The summed E-state index contributed by atoms with van der Waals surface area (Å²) in [6, 6.07) is 6.01. The molecular formula is C16H14F3NO3. The molecule has 0 bridgehead atoms. The molecule has 0 fully saturated rings. The monoisotopic (exact) mass is 325 g/mol. The quantitative estimate of drug-likeness (QED) is 0.922. The van der Waals surface area contributed by atoms with Gasteiger partial charge in [0.1, 0.15) is 12.0 Å². The number of benzene rings is 1. The van der Waals surface area contributed by atoms with Crippen LogP contribution in [-0.4, -0.2) is 22.7 Å². The summed E-state index contributed by atoms with van der Waals surface area (Å²) >= 11 is 0. The van der Waals surface area contributed by atoms with E-state index in [4.69, 9.17) is 9.52 Å². The van der Waals surface area contributed by atoms with Gasteiger partial charge in [-0.25, -0.2) is 0 Å². The summed E-state index contributed by atoms with van der Waals surface area (Å²) in [4.78, 5) is 12.7. The van der Waals surface area contributed by atoms with Gasteiger partial charge in [0.25, 0.3) is 0 Å². The first-order valence-electron chi connectivity index (χ1n) is 7.05. The SMILES string of the molecule is O=c1cc(C(N2CCc3ccccc3C2)C(F)(F)F)occ1O. The summed E-state index contributed by atoms with van der Waals surface area (Å²) < 4.78 is 45.5. The Morgan fingerprint density at radius 3 is 2.57 bits per heavy atom. The first-order chi connectivity index (χ1) is 10.9. The Balaban J connectivity index is 1.98. The predicted molar refractivity (Wildman–Crippen MR) is 76.0 cm³/mol. The van der Waals surface area contributed by atoms with E-state index < -0.39 is 29.2 Å². The minimum absolute atomic E-state index is 0.116. The van der Waals surface area contributed by atoms with E-state index in [2.05, 4.69) is 0 Å². The zero-order valence-corrected chi connectivity index (χ0v) is 12.0. The van der Waals surface area contributed by atoms with Crippen LogP contribution in [0.2, 0.25) is 0 Å². The van der Waals surface area contributed by atoms with Crippen molar-refractivity contribution in [3.63, 3.8) is 0 Å². The number of rotatable bonds is 2. The van der Waals surface area contributed by atoms with Crippen molar-refractivity contribution >= 4 is 0 Å². The molecule has 0 saturated carbocycles. The van der Waals surface area contributed by atoms with Gasteiger partial charge < -0.3 is 9.52 Å². The van der Waals surface area contributed by atoms with Crippen molar-refractivity contribution in [2.75, 3.05) is 6.54 Å². The highest BCUT2D eigenvalue weighted by molar-refractivity contribution is 5.30. The first kappa shape index (κ1) is 15.6. The molecule has 1 aliphatic rings. The summed E-state index contributed by atoms with van der Waals surface area (Å²) in [5.74, 6) is -1.22. The highest BCUT2D eigenvalue weighted by Gasteiger charge is 2.47. The molecule has 7 heteroatoms. The Bertz CT molecular complexity index is 770. The van der Waals surface area contributed by atoms with Crippen LogP contribution in [0.5, 0.6) is 5.75 Å². The molecule has 1 aliphatic heterocycles. The maximum Gasteiger partial charge on any atom is 0.411 e. The zero-order valence-electron chi connectivity index (χ0n) is 12.0. The van der Waals surface area contributed by atoms with E-state index in [1.807, 2.05) is 12.1 Å². The van der Waals surface area contributed by atoms with Crippen molar-refractivity contribution < 1.29 is 22.7 Å². The third-order valence-electron chi connectivity index (χ3n) is 3.94. The number of fused-ring (bicyclic) bond motifs is 1. The van der Waals surface area contributed by atoms with E-state index in [-0.39, 0.29) is 13.1 Å². The Hall–Kier alpha value is -2.28. The molecule has 23 heavy (non-hydrogen) atoms. The smallest absolute Gasteiger partial charge is 0.411 e. The van der Waals surface area contributed by atoms with E-state index in [9.17, 15) is 18.0 Å². The minimum Gasteiger partial charge on any atom is -0.502 e. The van der Waals surface area contributed by atoms with Gasteiger partial charge >= 0.3 is 6.18 Å². The number of nitrogens with zero attached hydrogens (tertiary/aromatic N) is 1. The summed E-state index contributed by atoms with van der Waals surface area (Å²) in [6.45, 7) is 0.316. The lowest BCUT2D eigenvalue weighted by Gasteiger charge is -2.35. The lowest BCUT2D eigenvalue weighted by molar-refractivity contribution is -0.193. The fourth-order valence-electron chi connectivity index (χ4n) is 2.85. The molecule has 1 N–H and O–H groups in total. The van der Waals surface area contributed by atoms with Crippen LogP contribution in [0.15, 0.2) is 45.8 Å². The number of aromatic hydroxyl groups is 1. The summed E-state index contributed by atoms with van der Waals surface area (Å²) in [7, 11) is 0. The van der Waals surface area contributed by atoms with Crippen LogP contribution < -0.4 is 5.43 Å². The van der Waals surface area contributed by atoms with Crippen molar-refractivity contribution in [3.8, 4) is 5.75 Å². The Morgan fingerprint density at radius 1 is 1.22 bits per heavy atom. The van der Waals surface area contributed by atoms with Crippen LogP contribution in [0.1, 0.15) is 22.9 Å². The molecule has 4 nitrogen and oxygen atoms in total. The van der Waals surface area contributed by atoms with Crippen molar-refractivity contribution in [1.82, 2.24) is 4.90 Å². The van der Waals surface area contributed by atoms with E-state index in [1.54, 1.807) is 12.1 Å². The van der Waals surface area contributed by atoms with E-state index in [0.717, 1.165) is 11.1 Å². The third kappa shape index (κ3) is 3.10. The van der Waals surface area contributed by atoms with Gasteiger partial charge in [0.05, 0.1) is 0 Å². The van der Waals surface area contributed by atoms with Gasteiger partial charge in [-0.1, -0.05) is 24.3 Å². The molecule has 122 valence electrons. The second-order valence-corrected chi connectivity index (χ2v) is 5.47. The van der Waals surface area contributed by atoms with E-state index >= 15 is 0 Å². The van der Waals surface area contributed by atoms with Crippen LogP contribution in [0.4, 0.5) is 13.2 Å². The molecular weight excluding hydrogens is 311 g/mol. The van der Waals surface area contributed by atoms with Crippen LogP contribution in [0.25, 0.3) is 0 Å². The highest BCUT2D eigenvalue weighted by atomic mass is 19.4. The lowest BCUT2D eigenvalue weighted by Crippen LogP contribution is -2.41. The van der Waals surface area contributed by atoms with Crippen molar-refractivity contribution in [1.29, 1.82) is 0 Å². The fourth-order valence-corrected chi connectivity index (χ4v) is 2.85. The van der Waals surface area contributed by atoms with Gasteiger partial charge in [-0.05, 0) is 17.5 Å². The van der Waals surface area contributed by atoms with E-state index in [0.29, 0.717) is 18.8 Å². The molecule has 2 aromatic rings. The largest absolute Gasteiger partial charge is 0.502 e. The van der Waals surface area contributed by atoms with Crippen LogP contribution in [0, 0.1) is 0 Å². The van der Waals surface area contributed by atoms with Gasteiger partial charge in [0.15, 0.2) is 11.8 Å². The number of hydrogen-bond donors (Lipinski definition) is 1. The average Bonchev–Trinajstić information content (AvgIpc) is 2.49. The van der Waals surface area contributed by atoms with Crippen LogP contribution in [0.3, 0.4) is 0 Å². The van der Waals surface area contributed by atoms with Crippen molar-refractivity contribution in [3.05, 3.63) is 63.7 Å². The van der Waals surface area contributed by atoms with Gasteiger partial charge in [-0.2, -0.15) is 13.2 Å². The molecule has 2 heterocycles. The molecule has 1 unspecified atom stereocenters. The molecule has 0 radical (unpaired) electrons. The van der Waals surface area contributed by atoms with Gasteiger partial charge in [0.2, 0.25) is 5.43 Å². The Kier molecular flexibility index (Phi) is 3.89. The predicted octanol–water partition coefficient (Wildman–Crippen LogP) is 3.01. The molecule has 1 atom stereocenters. The summed E-state index contributed by atoms with van der Waals surface area (Å²) in [6.07, 6.45) is -3.46. The van der Waals surface area contributed by atoms with Crippen molar-refractivity contribution in [2.24, 2.45) is 0 Å². The molecule has 1 aromatic heterocycles. The molecule has 1 aromatic carbocycles. The number of halogens is 3. The van der Waals surface area contributed by atoms with Crippen molar-refractivity contribution in [2.45, 2.75) is 25.2 Å². The van der Waals surface area contributed by atoms with Gasteiger partial charge in [0, 0.05) is 19.2 Å².